The van der Waals surface area contributed by atoms with Gasteiger partial charge in [0.25, 0.3) is 11.8 Å². The molecule has 1 aliphatic rings. The summed E-state index contributed by atoms with van der Waals surface area (Å²) in [6.45, 7) is 9.11. The number of carbonyl (C=O) groups is 3. The summed E-state index contributed by atoms with van der Waals surface area (Å²) in [4.78, 5) is 37.1. The molecule has 3 aromatic carbocycles. The van der Waals surface area contributed by atoms with Gasteiger partial charge >= 0.3 is 6.03 Å². The van der Waals surface area contributed by atoms with Crippen molar-refractivity contribution in [3.8, 4) is 44.6 Å². The van der Waals surface area contributed by atoms with E-state index in [1.165, 1.54) is 167 Å². The van der Waals surface area contributed by atoms with Crippen molar-refractivity contribution >= 4 is 35.3 Å². The molecule has 0 radical (unpaired) electrons. The van der Waals surface area contributed by atoms with Crippen molar-refractivity contribution in [1.29, 1.82) is 0 Å². The van der Waals surface area contributed by atoms with Crippen LogP contribution in [0, 0.1) is 0 Å². The van der Waals surface area contributed by atoms with Crippen molar-refractivity contribution in [2.45, 2.75) is 220 Å². The number of benzene rings is 3. The van der Waals surface area contributed by atoms with Crippen molar-refractivity contribution in [2.24, 2.45) is 0 Å². The second-order valence-electron chi connectivity index (χ2n) is 20.4. The molecule has 4 amide bonds. The summed E-state index contributed by atoms with van der Waals surface area (Å²) < 4.78 is 26.5. The van der Waals surface area contributed by atoms with Gasteiger partial charge in [-0.1, -0.05) is 231 Å². The molecule has 74 heavy (non-hydrogen) atoms. The van der Waals surface area contributed by atoms with E-state index in [0.717, 1.165) is 82.2 Å². The first kappa shape index (κ1) is 59.8. The van der Waals surface area contributed by atoms with Gasteiger partial charge in [0.2, 0.25) is 5.75 Å². The maximum Gasteiger partial charge on any atom is 0.328 e. The van der Waals surface area contributed by atoms with Crippen LogP contribution in [0.4, 0.5) is 4.79 Å². The van der Waals surface area contributed by atoms with Crippen LogP contribution in [-0.2, 0) is 16.2 Å². The number of hydrogen-bond donors (Lipinski definition) is 2. The molecule has 0 spiro atoms. The Balaban J connectivity index is 1.24. The Hall–Kier alpha value is -5.09. The Morgan fingerprint density at radius 2 is 0.851 bits per heavy atom. The summed E-state index contributed by atoms with van der Waals surface area (Å²) in [5, 5.41) is 6.32. The Morgan fingerprint density at radius 3 is 1.30 bits per heavy atom. The number of nitrogens with one attached hydrogen (secondary N) is 2. The Morgan fingerprint density at radius 1 is 0.446 bits per heavy atom. The second kappa shape index (κ2) is 36.8. The highest BCUT2D eigenvalue weighted by molar-refractivity contribution is 7.14. The number of unbranched alkanes of at least 4 members (excludes halogenated alkanes) is 27. The first-order valence-corrected chi connectivity index (χ1v) is 30.1. The fourth-order valence-corrected chi connectivity index (χ4v) is 10.5. The van der Waals surface area contributed by atoms with Crippen LogP contribution in [0.25, 0.3) is 27.6 Å². The summed E-state index contributed by atoms with van der Waals surface area (Å²) in [6, 6.07) is 21.4. The van der Waals surface area contributed by atoms with Gasteiger partial charge < -0.3 is 18.9 Å². The molecule has 0 aliphatic carbocycles. The van der Waals surface area contributed by atoms with E-state index in [4.69, 9.17) is 18.9 Å². The molecule has 10 heteroatoms. The maximum absolute atomic E-state index is 12.3. The minimum Gasteiger partial charge on any atom is -0.490 e. The van der Waals surface area contributed by atoms with Crippen LogP contribution in [0.1, 0.15) is 225 Å². The van der Waals surface area contributed by atoms with Crippen molar-refractivity contribution in [2.75, 3.05) is 19.8 Å². The van der Waals surface area contributed by atoms with E-state index in [1.54, 1.807) is 11.3 Å². The first-order chi connectivity index (χ1) is 36.4. The lowest BCUT2D eigenvalue weighted by atomic mass is 10.0. The SMILES string of the molecule is CCCCCCCCCCCCOc1cc(COc2ccc(-c3ccsc3-c3ccc(C=C4C(=O)NC(=O)NC4=O)cc3)cc2)cc(OCCCCCCCCCCCC)c1OCCCCCCCCCCCC. The van der Waals surface area contributed by atoms with Crippen molar-refractivity contribution in [3.63, 3.8) is 0 Å². The summed E-state index contributed by atoms with van der Waals surface area (Å²) in [5.41, 5.74) is 4.72. The Labute approximate surface area is 450 Å². The molecule has 1 aliphatic heterocycles. The average molecular weight is 1030 g/mol. The van der Waals surface area contributed by atoms with E-state index in [-0.39, 0.29) is 5.57 Å². The minimum atomic E-state index is -0.814. The Bertz CT molecular complexity index is 2150. The van der Waals surface area contributed by atoms with Gasteiger partial charge in [0, 0.05) is 10.4 Å². The van der Waals surface area contributed by atoms with Crippen LogP contribution in [0.2, 0.25) is 0 Å². The van der Waals surface area contributed by atoms with E-state index in [2.05, 4.69) is 67.1 Å². The first-order valence-electron chi connectivity index (χ1n) is 29.2. The molecule has 0 unspecified atom stereocenters. The van der Waals surface area contributed by atoms with Gasteiger partial charge in [0.05, 0.1) is 19.8 Å². The molecule has 1 fully saturated rings. The quantitative estimate of drug-likeness (QED) is 0.0258. The van der Waals surface area contributed by atoms with E-state index in [1.807, 2.05) is 36.4 Å². The number of thiophene rings is 1. The van der Waals surface area contributed by atoms with Gasteiger partial charge in [-0.15, -0.1) is 11.3 Å². The zero-order valence-electron chi connectivity index (χ0n) is 45.8. The van der Waals surface area contributed by atoms with Crippen LogP contribution in [0.5, 0.6) is 23.0 Å². The molecule has 1 aromatic heterocycles. The predicted molar refractivity (Wildman–Crippen MR) is 308 cm³/mol. The predicted octanol–water partition coefficient (Wildman–Crippen LogP) is 18.3. The molecule has 9 nitrogen and oxygen atoms in total. The fraction of sp³-hybridized carbons (Fsp3) is 0.578. The lowest BCUT2D eigenvalue weighted by Gasteiger charge is -2.19. The van der Waals surface area contributed by atoms with E-state index >= 15 is 0 Å². The molecular formula is C64H92N2O7S. The minimum absolute atomic E-state index is 0.112. The van der Waals surface area contributed by atoms with Crippen LogP contribution in [0.15, 0.2) is 77.7 Å². The fourth-order valence-electron chi connectivity index (χ4n) is 9.54. The zero-order valence-corrected chi connectivity index (χ0v) is 46.6. The third-order valence-corrected chi connectivity index (χ3v) is 15.0. The number of hydrogen-bond acceptors (Lipinski definition) is 8. The van der Waals surface area contributed by atoms with Gasteiger partial charge in [-0.05, 0) is 83.3 Å². The van der Waals surface area contributed by atoms with E-state index in [0.29, 0.717) is 32.0 Å². The molecule has 2 heterocycles. The normalized spacial score (nSPS) is 12.5. The smallest absolute Gasteiger partial charge is 0.328 e. The molecule has 0 atom stereocenters. The highest BCUT2D eigenvalue weighted by Crippen LogP contribution is 2.41. The van der Waals surface area contributed by atoms with Crippen LogP contribution >= 0.6 is 11.3 Å². The van der Waals surface area contributed by atoms with Crippen molar-refractivity contribution in [3.05, 3.63) is 88.8 Å². The van der Waals surface area contributed by atoms with Crippen LogP contribution in [0.3, 0.4) is 0 Å². The summed E-state index contributed by atoms with van der Waals surface area (Å²) in [7, 11) is 0. The lowest BCUT2D eigenvalue weighted by Crippen LogP contribution is -2.51. The number of carbonyl (C=O) groups excluding carboxylic acids is 3. The molecule has 4 aromatic rings. The van der Waals surface area contributed by atoms with Gasteiger partial charge in [-0.2, -0.15) is 0 Å². The molecule has 5 rings (SSSR count). The highest BCUT2D eigenvalue weighted by atomic mass is 32.1. The lowest BCUT2D eigenvalue weighted by molar-refractivity contribution is -0.123. The third-order valence-electron chi connectivity index (χ3n) is 14.0. The molecule has 0 bridgehead atoms. The second-order valence-corrected chi connectivity index (χ2v) is 21.3. The van der Waals surface area contributed by atoms with Gasteiger partial charge in [0.15, 0.2) is 11.5 Å². The highest BCUT2D eigenvalue weighted by Gasteiger charge is 2.27. The van der Waals surface area contributed by atoms with Crippen molar-refractivity contribution in [1.82, 2.24) is 10.6 Å². The summed E-state index contributed by atoms with van der Waals surface area (Å²) in [6.07, 6.45) is 39.8. The van der Waals surface area contributed by atoms with Crippen molar-refractivity contribution < 1.29 is 33.3 Å². The molecule has 0 saturated carbocycles. The number of barbiturate groups is 1. The van der Waals surface area contributed by atoms with Gasteiger partial charge in [-0.25, -0.2) is 4.79 Å². The average Bonchev–Trinajstić information content (AvgIpc) is 3.90. The Kier molecular flexibility index (Phi) is 29.7. The topological polar surface area (TPSA) is 112 Å². The summed E-state index contributed by atoms with van der Waals surface area (Å²) in [5.74, 6) is 1.57. The summed E-state index contributed by atoms with van der Waals surface area (Å²) >= 11 is 1.65. The molecular weight excluding hydrogens is 941 g/mol. The number of rotatable bonds is 42. The van der Waals surface area contributed by atoms with E-state index in [9.17, 15) is 14.4 Å². The standard InChI is InChI=1S/C64H92N2O7S/c1-4-7-10-13-16-19-22-25-28-31-43-70-58-48-52(49-59(71-44-32-29-26-23-20-17-14-11-8-5-2)60(58)72-45-33-30-27-24-21-18-15-12-9-6-3)50-73-55-40-38-53(39-41-55)56-42-46-74-61(56)54-36-34-51(35-37-54)47-57-62(67)65-64(69)66-63(57)68/h34-42,46-49H,4-33,43-45,50H2,1-3H3,(H2,65,66,67,68,69). The number of ether oxygens (including phenoxy) is 4. The monoisotopic (exact) mass is 1030 g/mol. The van der Waals surface area contributed by atoms with Gasteiger partial charge in [-0.3, -0.25) is 20.2 Å². The number of amides is 4. The maximum atomic E-state index is 12.3. The molecule has 406 valence electrons. The third kappa shape index (κ3) is 22.8. The van der Waals surface area contributed by atoms with Crippen LogP contribution < -0.4 is 29.6 Å². The zero-order chi connectivity index (χ0) is 52.3. The van der Waals surface area contributed by atoms with Gasteiger partial charge in [0.1, 0.15) is 17.9 Å². The van der Waals surface area contributed by atoms with E-state index < -0.39 is 17.8 Å². The number of urea groups is 1. The number of imide groups is 2. The van der Waals surface area contributed by atoms with Crippen LogP contribution in [-0.4, -0.2) is 37.7 Å². The molecule has 2 N–H and O–H groups in total. The largest absolute Gasteiger partial charge is 0.490 e. The molecule has 1 saturated heterocycles.